The minimum Gasteiger partial charge on any atom is -0.387 e. The van der Waals surface area contributed by atoms with E-state index < -0.39 is 27.9 Å². The molecule has 2 aromatic carbocycles. The van der Waals surface area contributed by atoms with E-state index in [0.29, 0.717) is 41.5 Å². The van der Waals surface area contributed by atoms with Gasteiger partial charge in [0.05, 0.1) is 22.3 Å². The monoisotopic (exact) mass is 626 g/mol. The van der Waals surface area contributed by atoms with Crippen molar-refractivity contribution in [1.82, 2.24) is 15.3 Å². The second kappa shape index (κ2) is 14.4. The topological polar surface area (TPSA) is 104 Å². The quantitative estimate of drug-likeness (QED) is 0.115. The number of halogens is 3. The Morgan fingerprint density at radius 2 is 1.84 bits per heavy atom. The van der Waals surface area contributed by atoms with Crippen LogP contribution in [-0.4, -0.2) is 42.8 Å². The fourth-order valence-corrected chi connectivity index (χ4v) is 5.77. The number of hydrogen-bond donors (Lipinski definition) is 3. The number of alkyl halides is 3. The first-order chi connectivity index (χ1) is 20.5. The molecular weight excluding hydrogens is 597 g/mol. The number of aromatic nitrogens is 2. The summed E-state index contributed by atoms with van der Waals surface area (Å²) in [5, 5.41) is 15.7. The van der Waals surface area contributed by atoms with Crippen molar-refractivity contribution in [3.8, 4) is 10.6 Å². The zero-order valence-electron chi connectivity index (χ0n) is 22.8. The standard InChI is InChI=1S/C31H29F3N4O3S2/c1-2-25(31(32,33)34)6-3-7-27-21-42-30(37-27)23-10-14-28(15-11-23)43(40,41)38-26-12-8-22(9-13-26)16-18-36-20-29(39)24-5-4-17-35-19-24/h2-15,17,19,21,29,36,38-39H,1,16,18,20H2/b7-3+,25-6+/t29-/m0/s1. The lowest BCUT2D eigenvalue weighted by atomic mass is 10.1. The number of pyridine rings is 1. The minimum absolute atomic E-state index is 0.0719. The van der Waals surface area contributed by atoms with E-state index >= 15 is 0 Å². The van der Waals surface area contributed by atoms with Crippen LogP contribution in [0.15, 0.2) is 114 Å². The molecule has 43 heavy (non-hydrogen) atoms. The fraction of sp³-hybridized carbons (Fsp3) is 0.161. The van der Waals surface area contributed by atoms with Crippen molar-refractivity contribution in [2.75, 3.05) is 17.8 Å². The SMILES string of the molecule is C=C/C(=C\C=C\c1csc(-c2ccc(S(=O)(=O)Nc3ccc(CCNC[C@H](O)c4cccnc4)cc3)cc2)n1)C(F)(F)F. The average molecular weight is 627 g/mol. The number of hydrogen-bond acceptors (Lipinski definition) is 7. The molecule has 0 bridgehead atoms. The largest absolute Gasteiger partial charge is 0.416 e. The lowest BCUT2D eigenvalue weighted by Crippen LogP contribution is -2.23. The van der Waals surface area contributed by atoms with Gasteiger partial charge in [-0.15, -0.1) is 11.3 Å². The van der Waals surface area contributed by atoms with Crippen molar-refractivity contribution in [2.45, 2.75) is 23.6 Å². The summed E-state index contributed by atoms with van der Waals surface area (Å²) in [5.41, 5.74) is 2.46. The first-order valence-corrected chi connectivity index (χ1v) is 15.5. The molecule has 4 aromatic rings. The summed E-state index contributed by atoms with van der Waals surface area (Å²) in [6, 6.07) is 16.8. The molecule has 0 aliphatic rings. The second-order valence-corrected chi connectivity index (χ2v) is 11.9. The Kier molecular flexibility index (Phi) is 10.6. The van der Waals surface area contributed by atoms with E-state index in [9.17, 15) is 26.7 Å². The first kappa shape index (κ1) is 31.8. The van der Waals surface area contributed by atoms with Crippen molar-refractivity contribution in [3.05, 3.63) is 126 Å². The summed E-state index contributed by atoms with van der Waals surface area (Å²) in [6.07, 6.45) is 3.22. The molecule has 0 saturated carbocycles. The van der Waals surface area contributed by atoms with Crippen LogP contribution in [0.5, 0.6) is 0 Å². The first-order valence-electron chi connectivity index (χ1n) is 13.1. The number of allylic oxidation sites excluding steroid dienone is 4. The van der Waals surface area contributed by atoms with Gasteiger partial charge in [-0.05, 0) is 61.0 Å². The van der Waals surface area contributed by atoms with E-state index in [2.05, 4.69) is 26.6 Å². The minimum atomic E-state index is -4.48. The van der Waals surface area contributed by atoms with Gasteiger partial charge in [0, 0.05) is 41.1 Å². The summed E-state index contributed by atoms with van der Waals surface area (Å²) in [4.78, 5) is 8.47. The van der Waals surface area contributed by atoms with Gasteiger partial charge in [-0.25, -0.2) is 13.4 Å². The maximum Gasteiger partial charge on any atom is 0.416 e. The molecule has 0 radical (unpaired) electrons. The van der Waals surface area contributed by atoms with Crippen LogP contribution in [0.4, 0.5) is 18.9 Å². The van der Waals surface area contributed by atoms with Crippen LogP contribution in [0, 0.1) is 0 Å². The van der Waals surface area contributed by atoms with Crippen LogP contribution in [0.3, 0.4) is 0 Å². The van der Waals surface area contributed by atoms with Crippen molar-refractivity contribution < 1.29 is 26.7 Å². The molecule has 0 aliphatic heterocycles. The van der Waals surface area contributed by atoms with Gasteiger partial charge in [-0.1, -0.05) is 49.1 Å². The number of nitrogens with one attached hydrogen (secondary N) is 2. The molecule has 0 saturated heterocycles. The Morgan fingerprint density at radius 3 is 2.49 bits per heavy atom. The zero-order valence-corrected chi connectivity index (χ0v) is 24.5. The van der Waals surface area contributed by atoms with E-state index in [0.717, 1.165) is 23.3 Å². The second-order valence-electron chi connectivity index (χ2n) is 9.34. The number of rotatable bonds is 13. The predicted octanol–water partition coefficient (Wildman–Crippen LogP) is 6.56. The van der Waals surface area contributed by atoms with Crippen molar-refractivity contribution in [1.29, 1.82) is 0 Å². The summed E-state index contributed by atoms with van der Waals surface area (Å²) in [6.45, 7) is 4.21. The summed E-state index contributed by atoms with van der Waals surface area (Å²) < 4.78 is 66.8. The molecule has 2 heterocycles. The van der Waals surface area contributed by atoms with Crippen molar-refractivity contribution >= 4 is 33.1 Å². The number of aliphatic hydroxyl groups is 1. The maximum absolute atomic E-state index is 12.9. The zero-order chi connectivity index (χ0) is 30.9. The van der Waals surface area contributed by atoms with Crippen LogP contribution in [-0.2, 0) is 16.4 Å². The van der Waals surface area contributed by atoms with Crippen LogP contribution in [0.2, 0.25) is 0 Å². The van der Waals surface area contributed by atoms with E-state index in [1.165, 1.54) is 35.6 Å². The molecule has 0 unspecified atom stereocenters. The summed E-state index contributed by atoms with van der Waals surface area (Å²) >= 11 is 1.29. The van der Waals surface area contributed by atoms with E-state index in [1.54, 1.807) is 48.1 Å². The highest BCUT2D eigenvalue weighted by molar-refractivity contribution is 7.92. The predicted molar refractivity (Wildman–Crippen MR) is 164 cm³/mol. The van der Waals surface area contributed by atoms with Gasteiger partial charge in [0.15, 0.2) is 0 Å². The van der Waals surface area contributed by atoms with Crippen LogP contribution >= 0.6 is 11.3 Å². The van der Waals surface area contributed by atoms with E-state index in [-0.39, 0.29) is 4.90 Å². The number of aliphatic hydroxyl groups excluding tert-OH is 1. The summed E-state index contributed by atoms with van der Waals surface area (Å²) in [7, 11) is -3.84. The smallest absolute Gasteiger partial charge is 0.387 e. The van der Waals surface area contributed by atoms with Gasteiger partial charge in [-0.3, -0.25) is 9.71 Å². The molecule has 7 nitrogen and oxygen atoms in total. The molecular formula is C31H29F3N4O3S2. The molecule has 0 fully saturated rings. The van der Waals surface area contributed by atoms with Gasteiger partial charge < -0.3 is 10.4 Å². The van der Waals surface area contributed by atoms with Gasteiger partial charge in [0.2, 0.25) is 0 Å². The van der Waals surface area contributed by atoms with Gasteiger partial charge >= 0.3 is 6.18 Å². The Bertz CT molecular complexity index is 1670. The van der Waals surface area contributed by atoms with Crippen LogP contribution in [0.25, 0.3) is 16.6 Å². The number of sulfonamides is 1. The normalized spacial score (nSPS) is 13.3. The number of benzene rings is 2. The third kappa shape index (κ3) is 9.19. The Labute approximate surface area is 252 Å². The Balaban J connectivity index is 1.30. The van der Waals surface area contributed by atoms with Crippen LogP contribution < -0.4 is 10.0 Å². The van der Waals surface area contributed by atoms with Gasteiger partial charge in [-0.2, -0.15) is 13.2 Å². The van der Waals surface area contributed by atoms with Crippen LogP contribution in [0.1, 0.15) is 22.9 Å². The third-order valence-corrected chi connectivity index (χ3v) is 8.53. The highest BCUT2D eigenvalue weighted by atomic mass is 32.2. The van der Waals surface area contributed by atoms with E-state index in [4.69, 9.17) is 0 Å². The highest BCUT2D eigenvalue weighted by Gasteiger charge is 2.30. The molecule has 3 N–H and O–H groups in total. The highest BCUT2D eigenvalue weighted by Crippen LogP contribution is 2.28. The fourth-order valence-electron chi connectivity index (χ4n) is 3.92. The lowest BCUT2D eigenvalue weighted by molar-refractivity contribution is -0.0881. The Morgan fingerprint density at radius 1 is 1.09 bits per heavy atom. The molecule has 4 rings (SSSR count). The molecule has 0 amide bonds. The Hall–Kier alpha value is -4.10. The maximum atomic E-state index is 12.9. The molecule has 12 heteroatoms. The van der Waals surface area contributed by atoms with Gasteiger partial charge in [0.1, 0.15) is 5.01 Å². The lowest BCUT2D eigenvalue weighted by Gasteiger charge is -2.12. The van der Waals surface area contributed by atoms with Gasteiger partial charge in [0.25, 0.3) is 10.0 Å². The summed E-state index contributed by atoms with van der Waals surface area (Å²) in [5.74, 6) is 0. The number of thiazole rings is 1. The number of anilines is 1. The number of nitrogens with zero attached hydrogens (tertiary/aromatic N) is 2. The third-order valence-electron chi connectivity index (χ3n) is 6.23. The molecule has 1 atom stereocenters. The molecule has 2 aromatic heterocycles. The molecule has 224 valence electrons. The molecule has 0 spiro atoms. The average Bonchev–Trinajstić information content (AvgIpc) is 3.47. The van der Waals surface area contributed by atoms with E-state index in [1.807, 2.05) is 18.2 Å². The molecule has 0 aliphatic carbocycles. The van der Waals surface area contributed by atoms with Crippen molar-refractivity contribution in [2.24, 2.45) is 0 Å². The van der Waals surface area contributed by atoms with Crippen molar-refractivity contribution in [3.63, 3.8) is 0 Å².